The number of halogens is 4. The summed E-state index contributed by atoms with van der Waals surface area (Å²) in [4.78, 5) is 11.0. The fraction of sp³-hybridized carbons (Fsp3) is 0.222. The number of rotatable bonds is 1. The minimum Gasteiger partial charge on any atom is -0.397 e. The second kappa shape index (κ2) is 3.73. The van der Waals surface area contributed by atoms with Crippen molar-refractivity contribution in [3.8, 4) is 0 Å². The molecule has 0 atom stereocenters. The number of carbonyl (C=O) groups is 1. The quantitative estimate of drug-likeness (QED) is 0.602. The lowest BCUT2D eigenvalue weighted by Gasteiger charge is -2.12. The van der Waals surface area contributed by atoms with Crippen LogP contribution in [-0.4, -0.2) is 5.78 Å². The fourth-order valence-electron chi connectivity index (χ4n) is 1.11. The molecule has 2 N–H and O–H groups in total. The molecule has 6 heteroatoms. The molecule has 1 aromatic rings. The topological polar surface area (TPSA) is 43.1 Å². The van der Waals surface area contributed by atoms with Gasteiger partial charge in [0.2, 0.25) is 0 Å². The zero-order chi connectivity index (χ0) is 11.8. The number of anilines is 1. The third-order valence-corrected chi connectivity index (χ3v) is 2.27. The number of hydrogen-bond acceptors (Lipinski definition) is 2. The fourth-order valence-corrected chi connectivity index (χ4v) is 1.41. The van der Waals surface area contributed by atoms with Crippen molar-refractivity contribution < 1.29 is 18.0 Å². The molecule has 0 aliphatic carbocycles. The van der Waals surface area contributed by atoms with Crippen LogP contribution in [0.2, 0.25) is 5.02 Å². The minimum absolute atomic E-state index is 0.0119. The second-order valence-corrected chi connectivity index (χ2v) is 3.32. The molecule has 0 aliphatic heterocycles. The number of hydrogen-bond donors (Lipinski definition) is 1. The Balaban J connectivity index is 3.41. The van der Waals surface area contributed by atoms with Gasteiger partial charge < -0.3 is 5.73 Å². The largest absolute Gasteiger partial charge is 0.418 e. The summed E-state index contributed by atoms with van der Waals surface area (Å²) in [6.45, 7) is 1.20. The van der Waals surface area contributed by atoms with E-state index in [1.54, 1.807) is 0 Å². The Morgan fingerprint density at radius 1 is 1.40 bits per heavy atom. The third kappa shape index (κ3) is 2.23. The maximum Gasteiger partial charge on any atom is 0.418 e. The number of nitrogens with two attached hydrogens (primary N) is 1. The highest BCUT2D eigenvalue weighted by Gasteiger charge is 2.34. The summed E-state index contributed by atoms with van der Waals surface area (Å²) in [7, 11) is 0. The normalized spacial score (nSPS) is 11.5. The van der Waals surface area contributed by atoms with E-state index >= 15 is 0 Å². The predicted molar refractivity (Wildman–Crippen MR) is 50.9 cm³/mol. The molecule has 0 unspecified atom stereocenters. The van der Waals surface area contributed by atoms with Gasteiger partial charge in [0.1, 0.15) is 0 Å². The number of ketones is 1. The monoisotopic (exact) mass is 237 g/mol. The van der Waals surface area contributed by atoms with Crippen molar-refractivity contribution in [3.05, 3.63) is 28.3 Å². The van der Waals surface area contributed by atoms with Crippen LogP contribution in [0, 0.1) is 0 Å². The van der Waals surface area contributed by atoms with Crippen molar-refractivity contribution in [3.63, 3.8) is 0 Å². The van der Waals surface area contributed by atoms with Gasteiger partial charge in [-0.1, -0.05) is 11.6 Å². The first kappa shape index (κ1) is 11.8. The first-order chi connectivity index (χ1) is 6.75. The van der Waals surface area contributed by atoms with Gasteiger partial charge in [-0.3, -0.25) is 4.79 Å². The van der Waals surface area contributed by atoms with Crippen LogP contribution in [0.25, 0.3) is 0 Å². The minimum atomic E-state index is -4.57. The van der Waals surface area contributed by atoms with E-state index in [2.05, 4.69) is 0 Å². The molecule has 82 valence electrons. The number of alkyl halides is 3. The van der Waals surface area contributed by atoms with Gasteiger partial charge in [0, 0.05) is 5.56 Å². The molecule has 2 nitrogen and oxygen atoms in total. The van der Waals surface area contributed by atoms with E-state index in [0.717, 1.165) is 12.1 Å². The second-order valence-electron chi connectivity index (χ2n) is 2.94. The van der Waals surface area contributed by atoms with Gasteiger partial charge in [0.05, 0.1) is 16.3 Å². The van der Waals surface area contributed by atoms with Crippen molar-refractivity contribution in [2.24, 2.45) is 0 Å². The molecule has 15 heavy (non-hydrogen) atoms. The van der Waals surface area contributed by atoms with E-state index in [1.807, 2.05) is 0 Å². The van der Waals surface area contributed by atoms with Gasteiger partial charge >= 0.3 is 6.18 Å². The SMILES string of the molecule is CC(=O)c1ccc(C(F)(F)F)c(N)c1Cl. The highest BCUT2D eigenvalue weighted by molar-refractivity contribution is 6.36. The summed E-state index contributed by atoms with van der Waals surface area (Å²) >= 11 is 5.55. The maximum absolute atomic E-state index is 12.3. The first-order valence-corrected chi connectivity index (χ1v) is 4.29. The average Bonchev–Trinajstić information content (AvgIpc) is 2.06. The van der Waals surface area contributed by atoms with Crippen molar-refractivity contribution in [1.82, 2.24) is 0 Å². The molecule has 1 aromatic carbocycles. The summed E-state index contributed by atoms with van der Waals surface area (Å²) in [5, 5.41) is -0.350. The van der Waals surface area contributed by atoms with Crippen LogP contribution in [0.3, 0.4) is 0 Å². The summed E-state index contributed by atoms with van der Waals surface area (Å²) in [5.74, 6) is -0.430. The van der Waals surface area contributed by atoms with Crippen LogP contribution in [0.1, 0.15) is 22.8 Å². The molecule has 0 saturated heterocycles. The average molecular weight is 238 g/mol. The molecular weight excluding hydrogens is 231 g/mol. The Morgan fingerprint density at radius 2 is 1.93 bits per heavy atom. The molecule has 0 aromatic heterocycles. The molecule has 0 spiro atoms. The molecule has 0 fully saturated rings. The molecule has 0 saturated carbocycles. The Kier molecular flexibility index (Phi) is 2.95. The standard InChI is InChI=1S/C9H7ClF3NO/c1-4(15)5-2-3-6(9(11,12)13)8(14)7(5)10/h2-3H,14H2,1H3. The predicted octanol–water partition coefficient (Wildman–Crippen LogP) is 3.14. The van der Waals surface area contributed by atoms with Crippen molar-refractivity contribution >= 4 is 23.1 Å². The molecule has 0 radical (unpaired) electrons. The Bertz CT molecular complexity index is 415. The van der Waals surface area contributed by atoms with E-state index in [4.69, 9.17) is 17.3 Å². The summed E-state index contributed by atoms with van der Waals surface area (Å²) in [6, 6.07) is 1.77. The van der Waals surface area contributed by atoms with E-state index in [9.17, 15) is 18.0 Å². The lowest BCUT2D eigenvalue weighted by molar-refractivity contribution is -0.136. The third-order valence-electron chi connectivity index (χ3n) is 1.86. The van der Waals surface area contributed by atoms with Gasteiger partial charge in [0.25, 0.3) is 0 Å². The Morgan fingerprint density at radius 3 is 2.33 bits per heavy atom. The van der Waals surface area contributed by atoms with Crippen LogP contribution < -0.4 is 5.73 Å². The van der Waals surface area contributed by atoms with E-state index in [0.29, 0.717) is 0 Å². The Hall–Kier alpha value is -1.23. The highest BCUT2D eigenvalue weighted by atomic mass is 35.5. The van der Waals surface area contributed by atoms with E-state index in [1.165, 1.54) is 6.92 Å². The van der Waals surface area contributed by atoms with Gasteiger partial charge in [-0.25, -0.2) is 0 Å². The van der Waals surface area contributed by atoms with Crippen LogP contribution in [-0.2, 0) is 6.18 Å². The van der Waals surface area contributed by atoms with Crippen molar-refractivity contribution in [2.45, 2.75) is 13.1 Å². The highest BCUT2D eigenvalue weighted by Crippen LogP contribution is 2.38. The van der Waals surface area contributed by atoms with Crippen LogP contribution in [0.5, 0.6) is 0 Å². The van der Waals surface area contributed by atoms with Crippen LogP contribution in [0.4, 0.5) is 18.9 Å². The molecule has 0 amide bonds. The lowest BCUT2D eigenvalue weighted by atomic mass is 10.1. The Labute approximate surface area is 88.8 Å². The molecule has 0 bridgehead atoms. The molecule has 0 aliphatic rings. The van der Waals surface area contributed by atoms with Gasteiger partial charge in [-0.05, 0) is 19.1 Å². The molecular formula is C9H7ClF3NO. The number of carbonyl (C=O) groups excluding carboxylic acids is 1. The number of benzene rings is 1. The van der Waals surface area contributed by atoms with Gasteiger partial charge in [-0.2, -0.15) is 13.2 Å². The van der Waals surface area contributed by atoms with Gasteiger partial charge in [-0.15, -0.1) is 0 Å². The smallest absolute Gasteiger partial charge is 0.397 e. The summed E-state index contributed by atoms with van der Waals surface area (Å²) in [5.41, 5.74) is 3.55. The van der Waals surface area contributed by atoms with Crippen molar-refractivity contribution in [2.75, 3.05) is 5.73 Å². The molecule has 1 rings (SSSR count). The number of Topliss-reactive ketones (excluding diaryl/α,β-unsaturated/α-hetero) is 1. The van der Waals surface area contributed by atoms with Crippen LogP contribution >= 0.6 is 11.6 Å². The zero-order valence-corrected chi connectivity index (χ0v) is 8.41. The maximum atomic E-state index is 12.3. The lowest BCUT2D eigenvalue weighted by Crippen LogP contribution is -2.10. The summed E-state index contributed by atoms with van der Waals surface area (Å²) < 4.78 is 37.0. The van der Waals surface area contributed by atoms with Gasteiger partial charge in [0.15, 0.2) is 5.78 Å². The van der Waals surface area contributed by atoms with E-state index in [-0.39, 0.29) is 10.6 Å². The summed E-state index contributed by atoms with van der Waals surface area (Å²) in [6.07, 6.45) is -4.57. The number of nitrogen functional groups attached to an aromatic ring is 1. The molecule has 0 heterocycles. The van der Waals surface area contributed by atoms with Crippen molar-refractivity contribution in [1.29, 1.82) is 0 Å². The first-order valence-electron chi connectivity index (χ1n) is 3.91. The zero-order valence-electron chi connectivity index (χ0n) is 7.65. The van der Waals surface area contributed by atoms with E-state index < -0.39 is 23.2 Å². The van der Waals surface area contributed by atoms with Crippen LogP contribution in [0.15, 0.2) is 12.1 Å².